The minimum absolute atomic E-state index is 0.186. The maximum absolute atomic E-state index is 11.6. The number of carbonyl (C=O) groups excluding carboxylic acids is 1. The van der Waals surface area contributed by atoms with Gasteiger partial charge in [0.05, 0.1) is 0 Å². The van der Waals surface area contributed by atoms with Gasteiger partial charge in [-0.1, -0.05) is 73.8 Å². The van der Waals surface area contributed by atoms with Gasteiger partial charge in [0.1, 0.15) is 13.2 Å². The Morgan fingerprint density at radius 2 is 1.14 bits per heavy atom. The van der Waals surface area contributed by atoms with E-state index >= 15 is 0 Å². The van der Waals surface area contributed by atoms with Crippen LogP contribution in [0.25, 0.3) is 12.2 Å². The summed E-state index contributed by atoms with van der Waals surface area (Å²) < 4.78 is 10.1. The van der Waals surface area contributed by atoms with Gasteiger partial charge >= 0.3 is 6.16 Å². The average Bonchev–Trinajstić information content (AvgIpc) is 2.59. The zero-order chi connectivity index (χ0) is 15.8. The molecule has 2 rings (SSSR count). The zero-order valence-corrected chi connectivity index (χ0v) is 12.3. The third-order valence-corrected chi connectivity index (χ3v) is 3.14. The number of rotatable bonds is 6. The molecule has 0 bridgehead atoms. The fourth-order valence-electron chi connectivity index (χ4n) is 1.83. The number of hydrogen-bond acceptors (Lipinski definition) is 3. The van der Waals surface area contributed by atoms with Crippen molar-refractivity contribution >= 4 is 18.3 Å². The molecule has 0 spiro atoms. The van der Waals surface area contributed by atoms with Crippen molar-refractivity contribution in [3.05, 3.63) is 83.9 Å². The monoisotopic (exact) mass is 294 g/mol. The van der Waals surface area contributed by atoms with Crippen LogP contribution in [0, 0.1) is 0 Å². The summed E-state index contributed by atoms with van der Waals surface area (Å²) in [4.78, 5) is 11.6. The van der Waals surface area contributed by atoms with Crippen molar-refractivity contribution in [2.45, 2.75) is 13.2 Å². The number of ether oxygens (including phenoxy) is 2. The summed E-state index contributed by atoms with van der Waals surface area (Å²) in [5, 5.41) is 0. The van der Waals surface area contributed by atoms with Crippen molar-refractivity contribution in [2.75, 3.05) is 0 Å². The predicted molar refractivity (Wildman–Crippen MR) is 88.0 cm³/mol. The Kier molecular flexibility index (Phi) is 5.55. The Labute approximate surface area is 130 Å². The van der Waals surface area contributed by atoms with Gasteiger partial charge in [-0.15, -0.1) is 0 Å². The SMILES string of the molecule is C=Cc1ccc(COC(=O)OCc2ccc(C=C)cc2)cc1. The van der Waals surface area contributed by atoms with Crippen molar-refractivity contribution in [3.8, 4) is 0 Å². The molecule has 2 aromatic carbocycles. The van der Waals surface area contributed by atoms with E-state index in [1.807, 2.05) is 48.5 Å². The van der Waals surface area contributed by atoms with Crippen molar-refractivity contribution in [1.29, 1.82) is 0 Å². The molecule has 0 saturated heterocycles. The first kappa shape index (κ1) is 15.6. The second kappa shape index (κ2) is 7.84. The molecule has 0 aliphatic heterocycles. The number of benzene rings is 2. The lowest BCUT2D eigenvalue weighted by Crippen LogP contribution is -2.07. The van der Waals surface area contributed by atoms with E-state index in [0.29, 0.717) is 0 Å². The molecule has 0 fully saturated rings. The molecule has 0 heterocycles. The van der Waals surface area contributed by atoms with E-state index in [2.05, 4.69) is 13.2 Å². The van der Waals surface area contributed by atoms with E-state index in [1.165, 1.54) is 0 Å². The Balaban J connectivity index is 1.77. The van der Waals surface area contributed by atoms with Crippen LogP contribution in [-0.2, 0) is 22.7 Å². The van der Waals surface area contributed by atoms with Gasteiger partial charge in [0.15, 0.2) is 0 Å². The molecular weight excluding hydrogens is 276 g/mol. The van der Waals surface area contributed by atoms with Crippen LogP contribution in [0.4, 0.5) is 4.79 Å². The third-order valence-electron chi connectivity index (χ3n) is 3.14. The molecule has 3 heteroatoms. The smallest absolute Gasteiger partial charge is 0.429 e. The highest BCUT2D eigenvalue weighted by atomic mass is 16.7. The maximum Gasteiger partial charge on any atom is 0.508 e. The molecule has 0 atom stereocenters. The van der Waals surface area contributed by atoms with Crippen LogP contribution < -0.4 is 0 Å². The van der Waals surface area contributed by atoms with Crippen LogP contribution in [0.15, 0.2) is 61.7 Å². The first-order valence-corrected chi connectivity index (χ1v) is 6.93. The van der Waals surface area contributed by atoms with Gasteiger partial charge in [0.2, 0.25) is 0 Å². The Bertz CT molecular complexity index is 582. The van der Waals surface area contributed by atoms with Gasteiger partial charge < -0.3 is 9.47 Å². The van der Waals surface area contributed by atoms with Crippen LogP contribution in [0.1, 0.15) is 22.3 Å². The van der Waals surface area contributed by atoms with Crippen molar-refractivity contribution in [3.63, 3.8) is 0 Å². The first-order valence-electron chi connectivity index (χ1n) is 6.93. The average molecular weight is 294 g/mol. The third kappa shape index (κ3) is 4.63. The molecule has 112 valence electrons. The van der Waals surface area contributed by atoms with Crippen LogP contribution in [0.2, 0.25) is 0 Å². The molecular formula is C19H18O3. The highest BCUT2D eigenvalue weighted by Gasteiger charge is 2.05. The minimum atomic E-state index is -0.680. The second-order valence-corrected chi connectivity index (χ2v) is 4.72. The van der Waals surface area contributed by atoms with Gasteiger partial charge in [-0.05, 0) is 22.3 Å². The highest BCUT2D eigenvalue weighted by molar-refractivity contribution is 5.60. The molecule has 0 aliphatic carbocycles. The molecule has 0 unspecified atom stereocenters. The Hall–Kier alpha value is -2.81. The topological polar surface area (TPSA) is 35.5 Å². The summed E-state index contributed by atoms with van der Waals surface area (Å²) in [6.07, 6.45) is 2.84. The summed E-state index contributed by atoms with van der Waals surface area (Å²) in [7, 11) is 0. The molecule has 0 radical (unpaired) electrons. The largest absolute Gasteiger partial charge is 0.508 e. The van der Waals surface area contributed by atoms with Crippen LogP contribution in [-0.4, -0.2) is 6.16 Å². The van der Waals surface area contributed by atoms with Crippen molar-refractivity contribution in [2.24, 2.45) is 0 Å². The zero-order valence-electron chi connectivity index (χ0n) is 12.3. The molecule has 0 aromatic heterocycles. The fourth-order valence-corrected chi connectivity index (χ4v) is 1.83. The van der Waals surface area contributed by atoms with Crippen molar-refractivity contribution < 1.29 is 14.3 Å². The lowest BCUT2D eigenvalue weighted by molar-refractivity contribution is 0.0446. The van der Waals surface area contributed by atoms with Gasteiger partial charge in [0.25, 0.3) is 0 Å². The number of carbonyl (C=O) groups is 1. The normalized spacial score (nSPS) is 9.82. The first-order chi connectivity index (χ1) is 10.7. The second-order valence-electron chi connectivity index (χ2n) is 4.72. The van der Waals surface area contributed by atoms with Gasteiger partial charge in [-0.3, -0.25) is 0 Å². The summed E-state index contributed by atoms with van der Waals surface area (Å²) in [6.45, 7) is 7.75. The summed E-state index contributed by atoms with van der Waals surface area (Å²) >= 11 is 0. The van der Waals surface area contributed by atoms with E-state index in [9.17, 15) is 4.79 Å². The van der Waals surface area contributed by atoms with Crippen LogP contribution in [0.5, 0.6) is 0 Å². The van der Waals surface area contributed by atoms with Crippen LogP contribution >= 0.6 is 0 Å². The molecule has 0 N–H and O–H groups in total. The maximum atomic E-state index is 11.6. The van der Waals surface area contributed by atoms with Gasteiger partial charge in [0, 0.05) is 0 Å². The Morgan fingerprint density at radius 3 is 1.45 bits per heavy atom. The molecule has 3 nitrogen and oxygen atoms in total. The Morgan fingerprint density at radius 1 is 0.773 bits per heavy atom. The standard InChI is InChI=1S/C19H18O3/c1-3-15-5-9-17(10-6-15)13-21-19(20)22-14-18-11-7-16(4-2)8-12-18/h3-12H,1-2,13-14H2. The van der Waals surface area contributed by atoms with E-state index in [4.69, 9.17) is 9.47 Å². The minimum Gasteiger partial charge on any atom is -0.429 e. The molecule has 0 aliphatic rings. The summed E-state index contributed by atoms with van der Waals surface area (Å²) in [5.41, 5.74) is 3.85. The lowest BCUT2D eigenvalue weighted by atomic mass is 10.1. The summed E-state index contributed by atoms with van der Waals surface area (Å²) in [5.74, 6) is 0. The number of hydrogen-bond donors (Lipinski definition) is 0. The quantitative estimate of drug-likeness (QED) is 0.716. The van der Waals surface area contributed by atoms with E-state index in [0.717, 1.165) is 22.3 Å². The molecule has 0 saturated carbocycles. The van der Waals surface area contributed by atoms with E-state index < -0.39 is 6.16 Å². The molecule has 0 amide bonds. The molecule has 22 heavy (non-hydrogen) atoms. The highest BCUT2D eigenvalue weighted by Crippen LogP contribution is 2.09. The summed E-state index contributed by atoms with van der Waals surface area (Å²) in [6, 6.07) is 15.2. The molecule has 2 aromatic rings. The van der Waals surface area contributed by atoms with Gasteiger partial charge in [-0.25, -0.2) is 4.79 Å². The van der Waals surface area contributed by atoms with E-state index in [-0.39, 0.29) is 13.2 Å². The predicted octanol–water partition coefficient (Wildman–Crippen LogP) is 4.83. The van der Waals surface area contributed by atoms with Crippen LogP contribution in [0.3, 0.4) is 0 Å². The lowest BCUT2D eigenvalue weighted by Gasteiger charge is -2.07. The van der Waals surface area contributed by atoms with Gasteiger partial charge in [-0.2, -0.15) is 0 Å². The van der Waals surface area contributed by atoms with E-state index in [1.54, 1.807) is 12.2 Å². The fraction of sp³-hybridized carbons (Fsp3) is 0.105. The van der Waals surface area contributed by atoms with Crippen molar-refractivity contribution in [1.82, 2.24) is 0 Å².